The van der Waals surface area contributed by atoms with E-state index in [0.29, 0.717) is 22.8 Å². The molecule has 122 valence electrons. The molecule has 1 aliphatic heterocycles. The molecule has 0 unspecified atom stereocenters. The van der Waals surface area contributed by atoms with E-state index in [9.17, 15) is 19.7 Å². The lowest BCUT2D eigenvalue weighted by atomic mass is 10.1. The minimum absolute atomic E-state index is 0.0953. The minimum atomic E-state index is -0.517. The molecule has 1 fully saturated rings. The number of furan rings is 1. The third-order valence-electron chi connectivity index (χ3n) is 3.20. The number of carbonyl (C=O) groups excluding carboxylic acids is 2. The fourth-order valence-corrected chi connectivity index (χ4v) is 2.78. The maximum absolute atomic E-state index is 11.5. The Kier molecular flexibility index (Phi) is 4.09. The van der Waals surface area contributed by atoms with Crippen molar-refractivity contribution in [2.75, 3.05) is 7.11 Å². The number of nitro benzene ring substituents is 1. The predicted octanol–water partition coefficient (Wildman–Crippen LogP) is 3.19. The first kappa shape index (κ1) is 15.8. The van der Waals surface area contributed by atoms with Gasteiger partial charge in [0.15, 0.2) is 0 Å². The van der Waals surface area contributed by atoms with Crippen LogP contribution in [-0.2, 0) is 4.79 Å². The van der Waals surface area contributed by atoms with E-state index < -0.39 is 16.1 Å². The summed E-state index contributed by atoms with van der Waals surface area (Å²) in [4.78, 5) is 33.2. The zero-order valence-corrected chi connectivity index (χ0v) is 13.1. The molecule has 1 saturated heterocycles. The molecule has 2 heterocycles. The van der Waals surface area contributed by atoms with Crippen LogP contribution in [0.15, 0.2) is 39.7 Å². The third kappa shape index (κ3) is 3.01. The second-order valence-corrected chi connectivity index (χ2v) is 5.71. The number of nitro groups is 1. The third-order valence-corrected chi connectivity index (χ3v) is 4.01. The number of hydrogen-bond acceptors (Lipinski definition) is 7. The first-order chi connectivity index (χ1) is 11.5. The van der Waals surface area contributed by atoms with Gasteiger partial charge in [-0.25, -0.2) is 0 Å². The van der Waals surface area contributed by atoms with Crippen molar-refractivity contribution < 1.29 is 23.7 Å². The Morgan fingerprint density at radius 3 is 2.71 bits per heavy atom. The van der Waals surface area contributed by atoms with Gasteiger partial charge in [-0.1, -0.05) is 0 Å². The quantitative estimate of drug-likeness (QED) is 0.514. The molecule has 0 aliphatic carbocycles. The lowest BCUT2D eigenvalue weighted by Gasteiger charge is -2.05. The number of hydrogen-bond donors (Lipinski definition) is 1. The maximum atomic E-state index is 11.5. The number of carbonyl (C=O) groups is 2. The molecule has 0 spiro atoms. The van der Waals surface area contributed by atoms with E-state index in [-0.39, 0.29) is 10.6 Å². The summed E-state index contributed by atoms with van der Waals surface area (Å²) in [7, 11) is 1.40. The largest absolute Gasteiger partial charge is 0.496 e. The van der Waals surface area contributed by atoms with E-state index in [0.717, 1.165) is 11.8 Å². The molecule has 1 aromatic carbocycles. The minimum Gasteiger partial charge on any atom is -0.496 e. The fourth-order valence-electron chi connectivity index (χ4n) is 2.12. The van der Waals surface area contributed by atoms with Gasteiger partial charge in [0.25, 0.3) is 16.8 Å². The highest BCUT2D eigenvalue weighted by atomic mass is 32.2. The molecule has 0 saturated carbocycles. The molecule has 1 aliphatic rings. The molecule has 1 N–H and O–H groups in total. The molecular formula is C15H10N2O6S. The number of amides is 2. The highest BCUT2D eigenvalue weighted by Crippen LogP contribution is 2.35. The molecule has 0 radical (unpaired) electrons. The van der Waals surface area contributed by atoms with Crippen LogP contribution in [0, 0.1) is 10.1 Å². The van der Waals surface area contributed by atoms with Gasteiger partial charge >= 0.3 is 0 Å². The van der Waals surface area contributed by atoms with Crippen LogP contribution in [0.25, 0.3) is 17.4 Å². The highest BCUT2D eigenvalue weighted by molar-refractivity contribution is 8.18. The Balaban J connectivity index is 1.94. The normalized spacial score (nSPS) is 15.6. The Morgan fingerprint density at radius 1 is 1.29 bits per heavy atom. The second kappa shape index (κ2) is 6.20. The SMILES string of the molecule is COc1cc([N+](=O)[O-])ccc1-c1ccc(/C=C2\SC(=O)NC2=O)o1. The number of rotatable bonds is 4. The molecule has 2 amide bonds. The topological polar surface area (TPSA) is 112 Å². The maximum Gasteiger partial charge on any atom is 0.290 e. The van der Waals surface area contributed by atoms with Crippen molar-refractivity contribution in [2.45, 2.75) is 0 Å². The molecule has 1 aromatic heterocycles. The van der Waals surface area contributed by atoms with Crippen LogP contribution in [0.4, 0.5) is 10.5 Å². The number of nitrogens with one attached hydrogen (secondary N) is 1. The lowest BCUT2D eigenvalue weighted by Crippen LogP contribution is -2.17. The van der Waals surface area contributed by atoms with Crippen molar-refractivity contribution in [2.24, 2.45) is 0 Å². The number of imide groups is 1. The summed E-state index contributed by atoms with van der Waals surface area (Å²) in [6.45, 7) is 0. The number of thioether (sulfide) groups is 1. The van der Waals surface area contributed by atoms with Crippen LogP contribution in [0.1, 0.15) is 5.76 Å². The molecule has 24 heavy (non-hydrogen) atoms. The van der Waals surface area contributed by atoms with Gasteiger partial charge in [-0.05, 0) is 30.0 Å². The van der Waals surface area contributed by atoms with Crippen LogP contribution < -0.4 is 10.1 Å². The number of methoxy groups -OCH3 is 1. The summed E-state index contributed by atoms with van der Waals surface area (Å²) in [5.41, 5.74) is 0.439. The van der Waals surface area contributed by atoms with Crippen LogP contribution in [0.5, 0.6) is 5.75 Å². The number of non-ortho nitro benzene ring substituents is 1. The van der Waals surface area contributed by atoms with Crippen LogP contribution >= 0.6 is 11.8 Å². The summed E-state index contributed by atoms with van der Waals surface area (Å²) in [5.74, 6) is 0.609. The predicted molar refractivity (Wildman–Crippen MR) is 86.5 cm³/mol. The van der Waals surface area contributed by atoms with Gasteiger partial charge in [0.05, 0.1) is 28.6 Å². The first-order valence-electron chi connectivity index (χ1n) is 6.65. The molecular weight excluding hydrogens is 336 g/mol. The average molecular weight is 346 g/mol. The summed E-state index contributed by atoms with van der Waals surface area (Å²) < 4.78 is 10.8. The Hall–Kier alpha value is -3.07. The first-order valence-corrected chi connectivity index (χ1v) is 7.47. The van der Waals surface area contributed by atoms with Crippen molar-refractivity contribution in [3.63, 3.8) is 0 Å². The van der Waals surface area contributed by atoms with E-state index in [1.165, 1.54) is 31.4 Å². The van der Waals surface area contributed by atoms with Crippen molar-refractivity contribution in [1.82, 2.24) is 5.32 Å². The lowest BCUT2D eigenvalue weighted by molar-refractivity contribution is -0.384. The second-order valence-electron chi connectivity index (χ2n) is 4.70. The van der Waals surface area contributed by atoms with Gasteiger partial charge < -0.3 is 9.15 Å². The average Bonchev–Trinajstić information content (AvgIpc) is 3.13. The summed E-state index contributed by atoms with van der Waals surface area (Å²) >= 11 is 0.788. The van der Waals surface area contributed by atoms with Crippen molar-refractivity contribution >= 4 is 34.7 Å². The summed E-state index contributed by atoms with van der Waals surface area (Å²) in [5, 5.41) is 12.5. The zero-order chi connectivity index (χ0) is 17.3. The monoisotopic (exact) mass is 346 g/mol. The molecule has 0 atom stereocenters. The Bertz CT molecular complexity index is 886. The van der Waals surface area contributed by atoms with E-state index >= 15 is 0 Å². The molecule has 2 aromatic rings. The number of nitrogens with zero attached hydrogens (tertiary/aromatic N) is 1. The van der Waals surface area contributed by atoms with Gasteiger partial charge in [-0.3, -0.25) is 25.0 Å². The van der Waals surface area contributed by atoms with Crippen LogP contribution in [0.2, 0.25) is 0 Å². The van der Waals surface area contributed by atoms with Gasteiger partial charge in [-0.2, -0.15) is 0 Å². The Labute approximate surface area is 139 Å². The van der Waals surface area contributed by atoms with E-state index in [1.807, 2.05) is 0 Å². The fraction of sp³-hybridized carbons (Fsp3) is 0.0667. The van der Waals surface area contributed by atoms with Gasteiger partial charge in [0.1, 0.15) is 17.3 Å². The Morgan fingerprint density at radius 2 is 2.08 bits per heavy atom. The summed E-state index contributed by atoms with van der Waals surface area (Å²) in [6.07, 6.45) is 1.45. The summed E-state index contributed by atoms with van der Waals surface area (Å²) in [6, 6.07) is 7.44. The van der Waals surface area contributed by atoms with Gasteiger partial charge in [0.2, 0.25) is 0 Å². The van der Waals surface area contributed by atoms with Crippen molar-refractivity contribution in [1.29, 1.82) is 0 Å². The van der Waals surface area contributed by atoms with Crippen LogP contribution in [0.3, 0.4) is 0 Å². The zero-order valence-electron chi connectivity index (χ0n) is 12.3. The van der Waals surface area contributed by atoms with E-state index in [2.05, 4.69) is 5.32 Å². The smallest absolute Gasteiger partial charge is 0.290 e. The van der Waals surface area contributed by atoms with E-state index in [1.54, 1.807) is 12.1 Å². The standard InChI is InChI=1S/C15H10N2O6S/c1-22-12-6-8(17(20)21)2-4-10(12)11-5-3-9(23-11)7-13-14(18)16-15(19)24-13/h2-7H,1H3,(H,16,18,19)/b13-7-. The molecule has 3 rings (SSSR count). The highest BCUT2D eigenvalue weighted by Gasteiger charge is 2.25. The molecule has 0 bridgehead atoms. The van der Waals surface area contributed by atoms with E-state index in [4.69, 9.17) is 9.15 Å². The molecule has 8 nitrogen and oxygen atoms in total. The van der Waals surface area contributed by atoms with Crippen molar-refractivity contribution in [3.05, 3.63) is 51.1 Å². The number of benzene rings is 1. The van der Waals surface area contributed by atoms with Crippen molar-refractivity contribution in [3.8, 4) is 17.1 Å². The molecule has 9 heteroatoms. The van der Waals surface area contributed by atoms with Gasteiger partial charge in [-0.15, -0.1) is 0 Å². The van der Waals surface area contributed by atoms with Gasteiger partial charge in [0, 0.05) is 12.1 Å². The number of ether oxygens (including phenoxy) is 1. The van der Waals surface area contributed by atoms with Crippen LogP contribution in [-0.4, -0.2) is 23.2 Å².